The Balaban J connectivity index is 3.40. The third-order valence-electron chi connectivity index (χ3n) is 1.69. The second kappa shape index (κ2) is 3.76. The third-order valence-corrected chi connectivity index (χ3v) is 2.25. The maximum Gasteiger partial charge on any atom is 0.416 e. The fourth-order valence-electron chi connectivity index (χ4n) is 1.06. The van der Waals surface area contributed by atoms with Crippen LogP contribution < -0.4 is 5.73 Å². The summed E-state index contributed by atoms with van der Waals surface area (Å²) in [5, 5.41) is -0.0616. The zero-order valence-electron chi connectivity index (χ0n) is 6.83. The lowest BCUT2D eigenvalue weighted by atomic mass is 10.1. The van der Waals surface area contributed by atoms with Gasteiger partial charge in [-0.3, -0.25) is 0 Å². The first kappa shape index (κ1) is 11.3. The van der Waals surface area contributed by atoms with Crippen molar-refractivity contribution in [2.24, 2.45) is 0 Å². The Morgan fingerprint density at radius 1 is 1.29 bits per heavy atom. The van der Waals surface area contributed by atoms with Crippen LogP contribution in [-0.4, -0.2) is 0 Å². The molecule has 0 amide bonds. The molecule has 0 aliphatic heterocycles. The van der Waals surface area contributed by atoms with Gasteiger partial charge in [0.05, 0.1) is 5.56 Å². The van der Waals surface area contributed by atoms with Crippen LogP contribution in [0, 0.1) is 5.82 Å². The van der Waals surface area contributed by atoms with Gasteiger partial charge in [0.15, 0.2) is 0 Å². The van der Waals surface area contributed by atoms with Crippen LogP contribution in [0.25, 0.3) is 0 Å². The van der Waals surface area contributed by atoms with Gasteiger partial charge >= 0.3 is 6.18 Å². The second-order valence-electron chi connectivity index (χ2n) is 2.65. The lowest BCUT2D eigenvalue weighted by Crippen LogP contribution is -2.11. The summed E-state index contributed by atoms with van der Waals surface area (Å²) >= 11 is 2.87. The van der Waals surface area contributed by atoms with E-state index in [0.29, 0.717) is 6.07 Å². The van der Waals surface area contributed by atoms with Crippen LogP contribution >= 0.6 is 15.9 Å². The van der Waals surface area contributed by atoms with E-state index >= 15 is 0 Å². The highest BCUT2D eigenvalue weighted by molar-refractivity contribution is 9.08. The highest BCUT2D eigenvalue weighted by Crippen LogP contribution is 2.35. The number of benzene rings is 1. The van der Waals surface area contributed by atoms with Crippen molar-refractivity contribution in [1.29, 1.82) is 0 Å². The molecule has 0 aliphatic rings. The van der Waals surface area contributed by atoms with Gasteiger partial charge in [0.1, 0.15) is 5.82 Å². The molecule has 0 fully saturated rings. The maximum atomic E-state index is 12.7. The Bertz CT molecular complexity index is 348. The van der Waals surface area contributed by atoms with Gasteiger partial charge < -0.3 is 5.73 Å². The topological polar surface area (TPSA) is 26.0 Å². The lowest BCUT2D eigenvalue weighted by molar-refractivity contribution is -0.138. The summed E-state index contributed by atoms with van der Waals surface area (Å²) in [6, 6.07) is 1.30. The monoisotopic (exact) mass is 271 g/mol. The average Bonchev–Trinajstić information content (AvgIpc) is 2.01. The summed E-state index contributed by atoms with van der Waals surface area (Å²) in [6.07, 6.45) is -4.58. The maximum absolute atomic E-state index is 12.7. The number of hydrogen-bond acceptors (Lipinski definition) is 1. The molecule has 78 valence electrons. The van der Waals surface area contributed by atoms with E-state index < -0.39 is 17.6 Å². The van der Waals surface area contributed by atoms with Gasteiger partial charge in [0.25, 0.3) is 0 Å². The smallest absolute Gasteiger partial charge is 0.398 e. The van der Waals surface area contributed by atoms with E-state index in [1.54, 1.807) is 0 Å². The molecule has 0 radical (unpaired) electrons. The summed E-state index contributed by atoms with van der Waals surface area (Å²) in [4.78, 5) is 0. The Morgan fingerprint density at radius 2 is 1.86 bits per heavy atom. The zero-order chi connectivity index (χ0) is 10.9. The van der Waals surface area contributed by atoms with Gasteiger partial charge in [0.2, 0.25) is 0 Å². The van der Waals surface area contributed by atoms with Gasteiger partial charge in [-0.05, 0) is 17.7 Å². The fraction of sp³-hybridized carbons (Fsp3) is 0.250. The van der Waals surface area contributed by atoms with Crippen molar-refractivity contribution in [3.63, 3.8) is 0 Å². The molecule has 1 nitrogen and oxygen atoms in total. The molecule has 0 aromatic heterocycles. The molecule has 6 heteroatoms. The summed E-state index contributed by atoms with van der Waals surface area (Å²) in [7, 11) is 0. The standard InChI is InChI=1S/C8H6BrF4N/c9-3-5-6(8(11,12)13)1-4(10)2-7(5)14/h1-2H,3,14H2. The first-order chi connectivity index (χ1) is 6.36. The Hall–Kier alpha value is -0.780. The minimum absolute atomic E-state index is 0.0616. The molecule has 0 saturated carbocycles. The van der Waals surface area contributed by atoms with Crippen molar-refractivity contribution >= 4 is 21.6 Å². The normalized spacial score (nSPS) is 11.8. The lowest BCUT2D eigenvalue weighted by Gasteiger charge is -2.13. The van der Waals surface area contributed by atoms with Gasteiger partial charge in [-0.1, -0.05) is 15.9 Å². The van der Waals surface area contributed by atoms with E-state index in [1.807, 2.05) is 0 Å². The van der Waals surface area contributed by atoms with Crippen LogP contribution in [0.15, 0.2) is 12.1 Å². The van der Waals surface area contributed by atoms with Crippen molar-refractivity contribution in [1.82, 2.24) is 0 Å². The van der Waals surface area contributed by atoms with E-state index in [9.17, 15) is 17.6 Å². The molecule has 2 N–H and O–H groups in total. The van der Waals surface area contributed by atoms with Crippen LogP contribution in [0.1, 0.15) is 11.1 Å². The van der Waals surface area contributed by atoms with Gasteiger partial charge in [0, 0.05) is 11.0 Å². The third kappa shape index (κ3) is 2.17. The summed E-state index contributed by atoms with van der Waals surface area (Å²) in [6.45, 7) is 0. The molecule has 1 aromatic carbocycles. The predicted octanol–water partition coefficient (Wildman–Crippen LogP) is 3.32. The predicted molar refractivity (Wildman–Crippen MR) is 48.4 cm³/mol. The van der Waals surface area contributed by atoms with Crippen molar-refractivity contribution in [3.8, 4) is 0 Å². The number of nitrogens with two attached hydrogens (primary N) is 1. The molecule has 0 saturated heterocycles. The summed E-state index contributed by atoms with van der Waals surface area (Å²) in [5.74, 6) is -0.987. The van der Waals surface area contributed by atoms with Crippen LogP contribution in [-0.2, 0) is 11.5 Å². The number of hydrogen-bond donors (Lipinski definition) is 1. The highest BCUT2D eigenvalue weighted by Gasteiger charge is 2.34. The summed E-state index contributed by atoms with van der Waals surface area (Å²) in [5.41, 5.74) is 3.88. The van der Waals surface area contributed by atoms with Gasteiger partial charge in [-0.15, -0.1) is 0 Å². The van der Waals surface area contributed by atoms with E-state index in [-0.39, 0.29) is 16.6 Å². The molecule has 0 atom stereocenters. The quantitative estimate of drug-likeness (QED) is 0.473. The van der Waals surface area contributed by atoms with E-state index in [0.717, 1.165) is 6.07 Å². The number of rotatable bonds is 1. The molecule has 0 unspecified atom stereocenters. The minimum Gasteiger partial charge on any atom is -0.398 e. The van der Waals surface area contributed by atoms with E-state index in [4.69, 9.17) is 5.73 Å². The molecule has 14 heavy (non-hydrogen) atoms. The Labute approximate surface area is 86.0 Å². The van der Waals surface area contributed by atoms with Crippen molar-refractivity contribution in [3.05, 3.63) is 29.1 Å². The van der Waals surface area contributed by atoms with Gasteiger partial charge in [-0.2, -0.15) is 13.2 Å². The zero-order valence-corrected chi connectivity index (χ0v) is 8.41. The molecule has 0 bridgehead atoms. The fourth-order valence-corrected chi connectivity index (χ4v) is 1.69. The molecule has 1 aromatic rings. The molecular weight excluding hydrogens is 266 g/mol. The van der Waals surface area contributed by atoms with E-state index in [1.165, 1.54) is 0 Å². The van der Waals surface area contributed by atoms with Crippen LogP contribution in [0.4, 0.5) is 23.2 Å². The number of halogens is 5. The van der Waals surface area contributed by atoms with Crippen LogP contribution in [0.5, 0.6) is 0 Å². The average molecular weight is 272 g/mol. The van der Waals surface area contributed by atoms with Crippen molar-refractivity contribution in [2.45, 2.75) is 11.5 Å². The number of nitrogen functional groups attached to an aromatic ring is 1. The van der Waals surface area contributed by atoms with Crippen LogP contribution in [0.2, 0.25) is 0 Å². The largest absolute Gasteiger partial charge is 0.416 e. The van der Waals surface area contributed by atoms with Crippen molar-refractivity contribution < 1.29 is 17.6 Å². The molecule has 1 rings (SSSR count). The van der Waals surface area contributed by atoms with E-state index in [2.05, 4.69) is 15.9 Å². The number of anilines is 1. The first-order valence-corrected chi connectivity index (χ1v) is 4.69. The molecule has 0 aliphatic carbocycles. The van der Waals surface area contributed by atoms with Gasteiger partial charge in [-0.25, -0.2) is 4.39 Å². The van der Waals surface area contributed by atoms with Crippen LogP contribution in [0.3, 0.4) is 0 Å². The second-order valence-corrected chi connectivity index (χ2v) is 3.21. The number of alkyl halides is 4. The minimum atomic E-state index is -4.58. The first-order valence-electron chi connectivity index (χ1n) is 3.57. The Kier molecular flexibility index (Phi) is 3.04. The Morgan fingerprint density at radius 3 is 2.29 bits per heavy atom. The highest BCUT2D eigenvalue weighted by atomic mass is 79.9. The van der Waals surface area contributed by atoms with Crippen molar-refractivity contribution in [2.75, 3.05) is 5.73 Å². The SMILES string of the molecule is Nc1cc(F)cc(C(F)(F)F)c1CBr. The molecular formula is C8H6BrF4N. The molecule has 0 spiro atoms. The summed E-state index contributed by atoms with van der Waals surface area (Å²) < 4.78 is 49.7. The molecule has 0 heterocycles.